The zero-order chi connectivity index (χ0) is 12.1. The maximum absolute atomic E-state index is 5.95. The standard InChI is InChI=1S/C15H20O2/c1-3-14-12(2)15(9-10-16-14)17-11-13-7-5-4-6-8-13/h4-10,12,14-15H,3,11H2,1-2H3/t12-,14?,15-/m0/s1. The summed E-state index contributed by atoms with van der Waals surface area (Å²) in [6, 6.07) is 10.3. The molecular formula is C15H20O2. The van der Waals surface area contributed by atoms with Gasteiger partial charge in [-0.2, -0.15) is 0 Å². The Morgan fingerprint density at radius 2 is 2.00 bits per heavy atom. The predicted octanol–water partition coefficient (Wildman–Crippen LogP) is 3.53. The van der Waals surface area contributed by atoms with Crippen molar-refractivity contribution < 1.29 is 9.47 Å². The fourth-order valence-electron chi connectivity index (χ4n) is 2.18. The molecule has 1 unspecified atom stereocenters. The van der Waals surface area contributed by atoms with Crippen LogP contribution >= 0.6 is 0 Å². The van der Waals surface area contributed by atoms with Gasteiger partial charge in [0.25, 0.3) is 0 Å². The van der Waals surface area contributed by atoms with E-state index in [0.29, 0.717) is 12.5 Å². The van der Waals surface area contributed by atoms with Crippen molar-refractivity contribution in [3.63, 3.8) is 0 Å². The highest BCUT2D eigenvalue weighted by atomic mass is 16.5. The summed E-state index contributed by atoms with van der Waals surface area (Å²) in [5.74, 6) is 0.411. The molecule has 2 heteroatoms. The third-order valence-corrected chi connectivity index (χ3v) is 3.31. The second-order valence-corrected chi connectivity index (χ2v) is 4.53. The first-order valence-corrected chi connectivity index (χ1v) is 6.29. The van der Waals surface area contributed by atoms with E-state index in [0.717, 1.165) is 6.42 Å². The van der Waals surface area contributed by atoms with Crippen LogP contribution in [0.2, 0.25) is 0 Å². The lowest BCUT2D eigenvalue weighted by Crippen LogP contribution is -2.34. The lowest BCUT2D eigenvalue weighted by molar-refractivity contribution is -0.0364. The second kappa shape index (κ2) is 5.87. The Labute approximate surface area is 103 Å². The molecular weight excluding hydrogens is 212 g/mol. The van der Waals surface area contributed by atoms with Crippen molar-refractivity contribution in [1.29, 1.82) is 0 Å². The Kier molecular flexibility index (Phi) is 4.21. The normalized spacial score (nSPS) is 27.8. The molecule has 0 saturated heterocycles. The lowest BCUT2D eigenvalue weighted by atomic mass is 9.94. The highest BCUT2D eigenvalue weighted by Gasteiger charge is 2.27. The Morgan fingerprint density at radius 3 is 2.71 bits per heavy atom. The van der Waals surface area contributed by atoms with Gasteiger partial charge in [0.05, 0.1) is 19.0 Å². The van der Waals surface area contributed by atoms with Gasteiger partial charge in [0.1, 0.15) is 6.10 Å². The zero-order valence-electron chi connectivity index (χ0n) is 10.5. The van der Waals surface area contributed by atoms with E-state index in [1.54, 1.807) is 6.26 Å². The van der Waals surface area contributed by atoms with Crippen LogP contribution in [0.3, 0.4) is 0 Å². The number of ether oxygens (including phenoxy) is 2. The minimum Gasteiger partial charge on any atom is -0.498 e. The summed E-state index contributed by atoms with van der Waals surface area (Å²) in [6.45, 7) is 5.00. The van der Waals surface area contributed by atoms with Crippen molar-refractivity contribution in [2.75, 3.05) is 0 Å². The molecule has 0 aromatic heterocycles. The van der Waals surface area contributed by atoms with Gasteiger partial charge < -0.3 is 9.47 Å². The van der Waals surface area contributed by atoms with Gasteiger partial charge in [-0.05, 0) is 18.1 Å². The van der Waals surface area contributed by atoms with Crippen molar-refractivity contribution >= 4 is 0 Å². The molecule has 1 heterocycles. The van der Waals surface area contributed by atoms with E-state index >= 15 is 0 Å². The SMILES string of the molecule is CCC1OC=C[C@H](OCc2ccccc2)[C@H]1C. The van der Waals surface area contributed by atoms with Crippen LogP contribution in [-0.2, 0) is 16.1 Å². The first kappa shape index (κ1) is 12.2. The van der Waals surface area contributed by atoms with Crippen LogP contribution in [0, 0.1) is 5.92 Å². The van der Waals surface area contributed by atoms with Crippen LogP contribution in [0.5, 0.6) is 0 Å². The molecule has 2 nitrogen and oxygen atoms in total. The van der Waals surface area contributed by atoms with Crippen LogP contribution in [0.25, 0.3) is 0 Å². The molecule has 1 aromatic carbocycles. The highest BCUT2D eigenvalue weighted by Crippen LogP contribution is 2.24. The molecule has 0 bridgehead atoms. The summed E-state index contributed by atoms with van der Waals surface area (Å²) >= 11 is 0. The summed E-state index contributed by atoms with van der Waals surface area (Å²) in [7, 11) is 0. The fraction of sp³-hybridized carbons (Fsp3) is 0.467. The summed E-state index contributed by atoms with van der Waals surface area (Å²) in [6.07, 6.45) is 5.26. The van der Waals surface area contributed by atoms with Gasteiger partial charge >= 0.3 is 0 Å². The molecule has 0 spiro atoms. The largest absolute Gasteiger partial charge is 0.498 e. The van der Waals surface area contributed by atoms with E-state index in [-0.39, 0.29) is 12.2 Å². The Balaban J connectivity index is 1.91. The maximum atomic E-state index is 5.95. The van der Waals surface area contributed by atoms with Crippen molar-refractivity contribution in [2.45, 2.75) is 39.1 Å². The Hall–Kier alpha value is -1.28. The van der Waals surface area contributed by atoms with Crippen LogP contribution in [0.15, 0.2) is 42.7 Å². The van der Waals surface area contributed by atoms with Crippen LogP contribution < -0.4 is 0 Å². The van der Waals surface area contributed by atoms with Crippen LogP contribution in [0.1, 0.15) is 25.8 Å². The molecule has 1 aliphatic rings. The molecule has 0 saturated carbocycles. The minimum absolute atomic E-state index is 0.161. The van der Waals surface area contributed by atoms with Gasteiger partial charge in [-0.3, -0.25) is 0 Å². The molecule has 0 aliphatic carbocycles. The molecule has 0 fully saturated rings. The Bertz CT molecular complexity index is 358. The summed E-state index contributed by atoms with van der Waals surface area (Å²) in [5.41, 5.74) is 1.22. The summed E-state index contributed by atoms with van der Waals surface area (Å²) in [5, 5.41) is 0. The molecule has 0 radical (unpaired) electrons. The molecule has 1 aromatic rings. The smallest absolute Gasteiger partial charge is 0.103 e. The first-order chi connectivity index (χ1) is 8.31. The van der Waals surface area contributed by atoms with Crippen LogP contribution in [-0.4, -0.2) is 12.2 Å². The van der Waals surface area contributed by atoms with Gasteiger partial charge in [0.2, 0.25) is 0 Å². The minimum atomic E-state index is 0.161. The average molecular weight is 232 g/mol. The quantitative estimate of drug-likeness (QED) is 0.790. The molecule has 17 heavy (non-hydrogen) atoms. The van der Waals surface area contributed by atoms with E-state index in [2.05, 4.69) is 26.0 Å². The molecule has 0 amide bonds. The van der Waals surface area contributed by atoms with Gasteiger partial charge in [-0.1, -0.05) is 44.2 Å². The number of rotatable bonds is 4. The summed E-state index contributed by atoms with van der Waals surface area (Å²) in [4.78, 5) is 0. The average Bonchev–Trinajstić information content (AvgIpc) is 2.39. The monoisotopic (exact) mass is 232 g/mol. The van der Waals surface area contributed by atoms with Gasteiger partial charge in [0, 0.05) is 5.92 Å². The molecule has 1 aliphatic heterocycles. The van der Waals surface area contributed by atoms with Crippen molar-refractivity contribution in [3.05, 3.63) is 48.2 Å². The number of hydrogen-bond acceptors (Lipinski definition) is 2. The molecule has 2 rings (SSSR count). The van der Waals surface area contributed by atoms with E-state index in [9.17, 15) is 0 Å². The van der Waals surface area contributed by atoms with E-state index in [1.807, 2.05) is 24.3 Å². The van der Waals surface area contributed by atoms with E-state index in [1.165, 1.54) is 5.56 Å². The van der Waals surface area contributed by atoms with E-state index < -0.39 is 0 Å². The first-order valence-electron chi connectivity index (χ1n) is 6.29. The molecule has 92 valence electrons. The number of benzene rings is 1. The maximum Gasteiger partial charge on any atom is 0.103 e. The third-order valence-electron chi connectivity index (χ3n) is 3.31. The lowest BCUT2D eigenvalue weighted by Gasteiger charge is -2.31. The zero-order valence-corrected chi connectivity index (χ0v) is 10.5. The Morgan fingerprint density at radius 1 is 1.24 bits per heavy atom. The predicted molar refractivity (Wildman–Crippen MR) is 68.5 cm³/mol. The van der Waals surface area contributed by atoms with Crippen LogP contribution in [0.4, 0.5) is 0 Å². The van der Waals surface area contributed by atoms with E-state index in [4.69, 9.17) is 9.47 Å². The summed E-state index contributed by atoms with van der Waals surface area (Å²) < 4.78 is 11.5. The molecule has 0 N–H and O–H groups in total. The fourth-order valence-corrected chi connectivity index (χ4v) is 2.18. The number of hydrogen-bond donors (Lipinski definition) is 0. The molecule has 3 atom stereocenters. The van der Waals surface area contributed by atoms with Gasteiger partial charge in [-0.15, -0.1) is 0 Å². The van der Waals surface area contributed by atoms with Crippen molar-refractivity contribution in [1.82, 2.24) is 0 Å². The van der Waals surface area contributed by atoms with Gasteiger partial charge in [0.15, 0.2) is 0 Å². The second-order valence-electron chi connectivity index (χ2n) is 4.53. The van der Waals surface area contributed by atoms with Gasteiger partial charge in [-0.25, -0.2) is 0 Å². The topological polar surface area (TPSA) is 18.5 Å². The third kappa shape index (κ3) is 3.10. The van der Waals surface area contributed by atoms with Crippen molar-refractivity contribution in [3.8, 4) is 0 Å². The van der Waals surface area contributed by atoms with Crippen molar-refractivity contribution in [2.24, 2.45) is 5.92 Å². The highest BCUT2D eigenvalue weighted by molar-refractivity contribution is 5.13.